The number of hydrogen-bond donors (Lipinski definition) is 3. The fraction of sp³-hybridized carbons (Fsp3) is 0.500. The third kappa shape index (κ3) is 3.97. The van der Waals surface area contributed by atoms with Crippen molar-refractivity contribution in [3.05, 3.63) is 23.8 Å². The zero-order valence-electron chi connectivity index (χ0n) is 10.7. The summed E-state index contributed by atoms with van der Waals surface area (Å²) in [7, 11) is -3.52. The maximum atomic E-state index is 12.1. The van der Waals surface area contributed by atoms with Crippen LogP contribution in [0.4, 0.5) is 5.69 Å². The smallest absolute Gasteiger partial charge is 0.240 e. The minimum absolute atomic E-state index is 0.0625. The van der Waals surface area contributed by atoms with E-state index in [1.807, 2.05) is 0 Å². The molecule has 102 valence electrons. The van der Waals surface area contributed by atoms with Crippen molar-refractivity contribution in [1.29, 1.82) is 0 Å². The van der Waals surface area contributed by atoms with Crippen molar-refractivity contribution >= 4 is 15.7 Å². The second kappa shape index (κ2) is 6.17. The number of sulfonamides is 1. The molecule has 5 nitrogen and oxygen atoms in total. The molecule has 0 amide bonds. The molecule has 1 unspecified atom stereocenters. The van der Waals surface area contributed by atoms with Crippen LogP contribution in [0.1, 0.15) is 25.3 Å². The van der Waals surface area contributed by atoms with E-state index in [0.29, 0.717) is 18.5 Å². The molecular formula is C12H20N2O3S. The monoisotopic (exact) mass is 272 g/mol. The van der Waals surface area contributed by atoms with Crippen LogP contribution in [0.5, 0.6) is 0 Å². The molecule has 4 N–H and O–H groups in total. The number of aliphatic hydroxyl groups excluding tert-OH is 1. The van der Waals surface area contributed by atoms with Crippen LogP contribution in [0.2, 0.25) is 0 Å². The number of aliphatic hydroxyl groups is 1. The van der Waals surface area contributed by atoms with Crippen molar-refractivity contribution in [2.75, 3.05) is 12.3 Å². The van der Waals surface area contributed by atoms with E-state index in [1.165, 1.54) is 6.07 Å². The lowest BCUT2D eigenvalue weighted by molar-refractivity contribution is 0.279. The molecule has 0 aliphatic carbocycles. The summed E-state index contributed by atoms with van der Waals surface area (Å²) in [6.45, 7) is 3.61. The lowest BCUT2D eigenvalue weighted by Gasteiger charge is -2.14. The number of nitrogens with one attached hydrogen (secondary N) is 1. The van der Waals surface area contributed by atoms with E-state index in [2.05, 4.69) is 4.72 Å². The largest absolute Gasteiger partial charge is 0.399 e. The van der Waals surface area contributed by atoms with Gasteiger partial charge < -0.3 is 10.8 Å². The summed E-state index contributed by atoms with van der Waals surface area (Å²) in [6, 6.07) is 4.42. The van der Waals surface area contributed by atoms with Crippen LogP contribution < -0.4 is 10.5 Å². The first kappa shape index (κ1) is 14.9. The van der Waals surface area contributed by atoms with Crippen molar-refractivity contribution in [2.24, 2.45) is 0 Å². The van der Waals surface area contributed by atoms with E-state index in [9.17, 15) is 8.42 Å². The topological polar surface area (TPSA) is 92.4 Å². The van der Waals surface area contributed by atoms with Crippen molar-refractivity contribution in [3.8, 4) is 0 Å². The number of nitrogen functional groups attached to an aromatic ring is 1. The number of benzene rings is 1. The fourth-order valence-corrected chi connectivity index (χ4v) is 2.97. The SMILES string of the molecule is Cc1cc(S(=O)(=O)NC(C)CCCO)ccc1N. The highest BCUT2D eigenvalue weighted by molar-refractivity contribution is 7.89. The molecule has 1 aromatic carbocycles. The second-order valence-corrected chi connectivity index (χ2v) is 6.12. The van der Waals surface area contributed by atoms with Gasteiger partial charge in [0.15, 0.2) is 0 Å². The standard InChI is InChI=1S/C12H20N2O3S/c1-9-8-11(5-6-12(9)13)18(16,17)14-10(2)4-3-7-15/h5-6,8,10,14-15H,3-4,7,13H2,1-2H3. The highest BCUT2D eigenvalue weighted by Gasteiger charge is 2.17. The van der Waals surface area contributed by atoms with Gasteiger partial charge in [-0.15, -0.1) is 0 Å². The zero-order valence-corrected chi connectivity index (χ0v) is 11.5. The van der Waals surface area contributed by atoms with Crippen LogP contribution in [0.3, 0.4) is 0 Å². The number of aryl methyl sites for hydroxylation is 1. The maximum Gasteiger partial charge on any atom is 0.240 e. The van der Waals surface area contributed by atoms with Gasteiger partial charge in [0, 0.05) is 18.3 Å². The minimum atomic E-state index is -3.52. The number of anilines is 1. The van der Waals surface area contributed by atoms with Gasteiger partial charge >= 0.3 is 0 Å². The first-order chi connectivity index (χ1) is 8.36. The molecule has 0 fully saturated rings. The second-order valence-electron chi connectivity index (χ2n) is 4.41. The molecule has 0 heterocycles. The first-order valence-electron chi connectivity index (χ1n) is 5.86. The van der Waals surface area contributed by atoms with Crippen LogP contribution in [0.25, 0.3) is 0 Å². The minimum Gasteiger partial charge on any atom is -0.399 e. The average Bonchev–Trinajstić information content (AvgIpc) is 2.29. The first-order valence-corrected chi connectivity index (χ1v) is 7.34. The molecule has 0 aliphatic rings. The summed E-state index contributed by atoms with van der Waals surface area (Å²) in [6.07, 6.45) is 1.17. The average molecular weight is 272 g/mol. The van der Waals surface area contributed by atoms with Crippen molar-refractivity contribution in [3.63, 3.8) is 0 Å². The Morgan fingerprint density at radius 2 is 2.11 bits per heavy atom. The Labute approximate surface area is 108 Å². The molecule has 6 heteroatoms. The lowest BCUT2D eigenvalue weighted by atomic mass is 10.2. The molecule has 0 aromatic heterocycles. The fourth-order valence-electron chi connectivity index (χ4n) is 1.60. The van der Waals surface area contributed by atoms with E-state index in [0.717, 1.165) is 5.56 Å². The predicted octanol–water partition coefficient (Wildman–Crippen LogP) is 1.02. The molecular weight excluding hydrogens is 252 g/mol. The Bertz CT molecular complexity index is 500. The summed E-state index contributed by atoms with van der Waals surface area (Å²) in [5.41, 5.74) is 6.96. The van der Waals surface area contributed by atoms with Gasteiger partial charge in [-0.25, -0.2) is 13.1 Å². The third-order valence-corrected chi connectivity index (χ3v) is 4.29. The molecule has 1 rings (SSSR count). The van der Waals surface area contributed by atoms with E-state index < -0.39 is 10.0 Å². The van der Waals surface area contributed by atoms with Gasteiger partial charge in [0.05, 0.1) is 4.90 Å². The molecule has 0 radical (unpaired) electrons. The van der Waals surface area contributed by atoms with E-state index in [-0.39, 0.29) is 17.5 Å². The van der Waals surface area contributed by atoms with Crippen LogP contribution in [0.15, 0.2) is 23.1 Å². The Balaban J connectivity index is 2.83. The number of rotatable bonds is 6. The molecule has 0 aliphatic heterocycles. The van der Waals surface area contributed by atoms with Crippen LogP contribution in [-0.2, 0) is 10.0 Å². The maximum absolute atomic E-state index is 12.1. The zero-order chi connectivity index (χ0) is 13.8. The molecule has 18 heavy (non-hydrogen) atoms. The Morgan fingerprint density at radius 1 is 1.44 bits per heavy atom. The lowest BCUT2D eigenvalue weighted by Crippen LogP contribution is -2.32. The normalized spacial score (nSPS) is 13.5. The van der Waals surface area contributed by atoms with Gasteiger partial charge in [0.2, 0.25) is 10.0 Å². The van der Waals surface area contributed by atoms with Crippen LogP contribution in [0, 0.1) is 6.92 Å². The Kier molecular flexibility index (Phi) is 5.13. The molecule has 0 bridgehead atoms. The molecule has 0 saturated carbocycles. The molecule has 0 spiro atoms. The number of nitrogens with two attached hydrogens (primary N) is 1. The van der Waals surface area contributed by atoms with Gasteiger partial charge in [-0.3, -0.25) is 0 Å². The molecule has 0 saturated heterocycles. The summed E-state index contributed by atoms with van der Waals surface area (Å²) >= 11 is 0. The van der Waals surface area contributed by atoms with Crippen LogP contribution >= 0.6 is 0 Å². The summed E-state index contributed by atoms with van der Waals surface area (Å²) in [4.78, 5) is 0.213. The van der Waals surface area contributed by atoms with E-state index >= 15 is 0 Å². The van der Waals surface area contributed by atoms with Gasteiger partial charge in [-0.2, -0.15) is 0 Å². The van der Waals surface area contributed by atoms with Crippen molar-refractivity contribution in [2.45, 2.75) is 37.6 Å². The van der Waals surface area contributed by atoms with Gasteiger partial charge in [0.25, 0.3) is 0 Å². The highest BCUT2D eigenvalue weighted by Crippen LogP contribution is 2.17. The highest BCUT2D eigenvalue weighted by atomic mass is 32.2. The summed E-state index contributed by atoms with van der Waals surface area (Å²) < 4.78 is 26.7. The summed E-state index contributed by atoms with van der Waals surface area (Å²) in [5, 5.41) is 8.71. The molecule has 1 atom stereocenters. The number of hydrogen-bond acceptors (Lipinski definition) is 4. The summed E-state index contributed by atoms with van der Waals surface area (Å²) in [5.74, 6) is 0. The predicted molar refractivity (Wildman–Crippen MR) is 71.7 cm³/mol. The Morgan fingerprint density at radius 3 is 2.67 bits per heavy atom. The Hall–Kier alpha value is -1.11. The van der Waals surface area contributed by atoms with E-state index in [4.69, 9.17) is 10.8 Å². The van der Waals surface area contributed by atoms with Crippen molar-refractivity contribution in [1.82, 2.24) is 4.72 Å². The van der Waals surface area contributed by atoms with Gasteiger partial charge in [-0.05, 0) is 50.5 Å². The van der Waals surface area contributed by atoms with Crippen molar-refractivity contribution < 1.29 is 13.5 Å². The molecule has 1 aromatic rings. The van der Waals surface area contributed by atoms with Crippen LogP contribution in [-0.4, -0.2) is 26.2 Å². The van der Waals surface area contributed by atoms with E-state index in [1.54, 1.807) is 26.0 Å². The quantitative estimate of drug-likeness (QED) is 0.674. The van der Waals surface area contributed by atoms with Gasteiger partial charge in [0.1, 0.15) is 0 Å². The third-order valence-electron chi connectivity index (χ3n) is 2.70. The van der Waals surface area contributed by atoms with Gasteiger partial charge in [-0.1, -0.05) is 0 Å².